The number of para-hydroxylation sites is 1. The van der Waals surface area contributed by atoms with Crippen LogP contribution in [0.15, 0.2) is 24.3 Å². The molecular weight excluding hydrogens is 376 g/mol. The minimum atomic E-state index is -1.06. The first-order chi connectivity index (χ1) is 13.9. The van der Waals surface area contributed by atoms with Gasteiger partial charge in [-0.15, -0.1) is 0 Å². The summed E-state index contributed by atoms with van der Waals surface area (Å²) >= 11 is 0. The number of hydrogen-bond donors (Lipinski definition) is 3. The van der Waals surface area contributed by atoms with Crippen LogP contribution in [0.1, 0.15) is 37.0 Å². The van der Waals surface area contributed by atoms with Gasteiger partial charge in [-0.05, 0) is 30.4 Å². The zero-order valence-electron chi connectivity index (χ0n) is 17.3. The van der Waals surface area contributed by atoms with Crippen LogP contribution in [0.3, 0.4) is 0 Å². The number of carboxylic acid groups (broad SMARTS) is 1. The van der Waals surface area contributed by atoms with Crippen LogP contribution >= 0.6 is 0 Å². The fourth-order valence-electron chi connectivity index (χ4n) is 3.15. The Hall–Kier alpha value is -2.32. The van der Waals surface area contributed by atoms with Gasteiger partial charge in [-0.25, -0.2) is 4.79 Å². The first-order valence-electron chi connectivity index (χ1n) is 10.0. The molecule has 0 bridgehead atoms. The van der Waals surface area contributed by atoms with E-state index in [4.69, 9.17) is 19.3 Å². The molecule has 2 rings (SSSR count). The highest BCUT2D eigenvalue weighted by atomic mass is 16.6. The van der Waals surface area contributed by atoms with Gasteiger partial charge in [-0.3, -0.25) is 4.79 Å². The third kappa shape index (κ3) is 7.91. The van der Waals surface area contributed by atoms with Gasteiger partial charge in [-0.1, -0.05) is 26.0 Å². The number of amides is 2. The quantitative estimate of drug-likeness (QED) is 0.342. The van der Waals surface area contributed by atoms with Crippen molar-refractivity contribution >= 4 is 12.0 Å². The molecule has 0 aliphatic carbocycles. The lowest BCUT2D eigenvalue weighted by molar-refractivity contribution is 0.0934. The van der Waals surface area contributed by atoms with Crippen molar-refractivity contribution in [1.29, 1.82) is 0 Å². The Balaban J connectivity index is 1.93. The first kappa shape index (κ1) is 23.0. The number of ether oxygens (including phenoxy) is 3. The van der Waals surface area contributed by atoms with Crippen LogP contribution in [0.4, 0.5) is 4.79 Å². The Kier molecular flexibility index (Phi) is 9.21. The average Bonchev–Trinajstić information content (AvgIpc) is 3.52. The largest absolute Gasteiger partial charge is 0.493 e. The molecule has 3 N–H and O–H groups in total. The van der Waals surface area contributed by atoms with E-state index in [1.807, 2.05) is 6.07 Å². The Morgan fingerprint density at radius 3 is 2.62 bits per heavy atom. The average molecular weight is 408 g/mol. The summed E-state index contributed by atoms with van der Waals surface area (Å²) in [5.41, 5.74) is 0.484. The van der Waals surface area contributed by atoms with Gasteiger partial charge in [0.2, 0.25) is 0 Å². The number of carbonyl (C=O) groups excluding carboxylic acids is 1. The number of benzene rings is 1. The number of epoxide rings is 1. The van der Waals surface area contributed by atoms with E-state index < -0.39 is 6.09 Å². The molecule has 1 aliphatic rings. The maximum atomic E-state index is 12.7. The van der Waals surface area contributed by atoms with E-state index in [-0.39, 0.29) is 29.9 Å². The molecule has 1 heterocycles. The summed E-state index contributed by atoms with van der Waals surface area (Å²) < 4.78 is 16.0. The maximum absolute atomic E-state index is 12.7. The normalized spacial score (nSPS) is 17.4. The van der Waals surface area contributed by atoms with E-state index in [9.17, 15) is 9.59 Å². The molecule has 1 aromatic carbocycles. The summed E-state index contributed by atoms with van der Waals surface area (Å²) in [6.07, 6.45) is 0.202. The van der Waals surface area contributed by atoms with Gasteiger partial charge in [0.1, 0.15) is 11.9 Å². The molecule has 0 aromatic heterocycles. The molecule has 1 saturated heterocycles. The molecule has 8 nitrogen and oxygen atoms in total. The number of carbonyl (C=O) groups is 2. The van der Waals surface area contributed by atoms with E-state index in [0.29, 0.717) is 44.1 Å². The van der Waals surface area contributed by atoms with Gasteiger partial charge in [0.15, 0.2) is 0 Å². The second-order valence-electron chi connectivity index (χ2n) is 7.57. The third-order valence-electron chi connectivity index (χ3n) is 5.02. The molecule has 0 spiro atoms. The van der Waals surface area contributed by atoms with E-state index in [1.165, 1.54) is 0 Å². The summed E-state index contributed by atoms with van der Waals surface area (Å²) in [4.78, 5) is 23.8. The van der Waals surface area contributed by atoms with Crippen molar-refractivity contribution in [3.05, 3.63) is 29.8 Å². The zero-order chi connectivity index (χ0) is 21.2. The Labute approximate surface area is 171 Å². The van der Waals surface area contributed by atoms with Crippen LogP contribution in [0.25, 0.3) is 0 Å². The molecule has 162 valence electrons. The predicted molar refractivity (Wildman–Crippen MR) is 108 cm³/mol. The monoisotopic (exact) mass is 408 g/mol. The Bertz CT molecular complexity index is 662. The standard InChI is InChI=1S/C21H32N2O6/c1-14(2)15(11-17(19-13-29-19)23-21(25)26)12-22-20(24)16-7-4-5-8-18(16)28-10-6-9-27-3/h4-5,7-8,14-15,17,19,23H,6,9-13H2,1-3H3,(H,22,24)(H,25,26)/t15-,17+,19+/m1/s1. The molecule has 1 aliphatic heterocycles. The summed E-state index contributed by atoms with van der Waals surface area (Å²) in [5, 5.41) is 14.6. The number of nitrogens with one attached hydrogen (secondary N) is 2. The molecule has 0 radical (unpaired) electrons. The van der Waals surface area contributed by atoms with Gasteiger partial charge in [0.05, 0.1) is 24.8 Å². The lowest BCUT2D eigenvalue weighted by Gasteiger charge is -2.26. The van der Waals surface area contributed by atoms with E-state index in [0.717, 1.165) is 6.42 Å². The van der Waals surface area contributed by atoms with Gasteiger partial charge in [-0.2, -0.15) is 0 Å². The Morgan fingerprint density at radius 1 is 1.28 bits per heavy atom. The van der Waals surface area contributed by atoms with E-state index >= 15 is 0 Å². The predicted octanol–water partition coefficient (Wildman–Crippen LogP) is 2.53. The highest BCUT2D eigenvalue weighted by Gasteiger charge is 2.36. The maximum Gasteiger partial charge on any atom is 0.404 e. The van der Waals surface area contributed by atoms with Gasteiger partial charge in [0, 0.05) is 26.7 Å². The van der Waals surface area contributed by atoms with Crippen molar-refractivity contribution in [1.82, 2.24) is 10.6 Å². The van der Waals surface area contributed by atoms with Gasteiger partial charge >= 0.3 is 6.09 Å². The summed E-state index contributed by atoms with van der Waals surface area (Å²) in [7, 11) is 1.64. The number of methoxy groups -OCH3 is 1. The highest BCUT2D eigenvalue weighted by Crippen LogP contribution is 2.25. The molecule has 1 aromatic rings. The zero-order valence-corrected chi connectivity index (χ0v) is 17.3. The van der Waals surface area contributed by atoms with Crippen molar-refractivity contribution in [3.8, 4) is 5.75 Å². The van der Waals surface area contributed by atoms with Crippen LogP contribution in [-0.4, -0.2) is 62.7 Å². The smallest absolute Gasteiger partial charge is 0.404 e. The van der Waals surface area contributed by atoms with Crippen molar-refractivity contribution < 1.29 is 28.9 Å². The minimum absolute atomic E-state index is 0.0794. The molecular formula is C21H32N2O6. The number of hydrogen-bond acceptors (Lipinski definition) is 5. The van der Waals surface area contributed by atoms with Crippen molar-refractivity contribution in [2.45, 2.75) is 38.8 Å². The summed E-state index contributed by atoms with van der Waals surface area (Å²) in [5.74, 6) is 0.713. The molecule has 29 heavy (non-hydrogen) atoms. The van der Waals surface area contributed by atoms with Crippen molar-refractivity contribution in [2.75, 3.05) is 33.5 Å². The SMILES string of the molecule is COCCCOc1ccccc1C(=O)NC[C@@H](C[C@H](NC(=O)O)[C@@H]1CO1)C(C)C. The van der Waals surface area contributed by atoms with Crippen molar-refractivity contribution in [2.24, 2.45) is 11.8 Å². The van der Waals surface area contributed by atoms with Crippen LogP contribution in [-0.2, 0) is 9.47 Å². The topological polar surface area (TPSA) is 109 Å². The van der Waals surface area contributed by atoms with Crippen LogP contribution in [0.5, 0.6) is 5.75 Å². The molecule has 1 fully saturated rings. The highest BCUT2D eigenvalue weighted by molar-refractivity contribution is 5.96. The van der Waals surface area contributed by atoms with E-state index in [1.54, 1.807) is 25.3 Å². The van der Waals surface area contributed by atoms with Crippen LogP contribution < -0.4 is 15.4 Å². The molecule has 0 saturated carbocycles. The summed E-state index contributed by atoms with van der Waals surface area (Å²) in [6.45, 7) is 6.21. The molecule has 3 atom stereocenters. The first-order valence-corrected chi connectivity index (χ1v) is 10.0. The lowest BCUT2D eigenvalue weighted by atomic mass is 9.88. The van der Waals surface area contributed by atoms with Crippen LogP contribution in [0.2, 0.25) is 0 Å². The van der Waals surface area contributed by atoms with E-state index in [2.05, 4.69) is 24.5 Å². The third-order valence-corrected chi connectivity index (χ3v) is 5.02. The number of rotatable bonds is 13. The molecule has 0 unspecified atom stereocenters. The fourth-order valence-corrected chi connectivity index (χ4v) is 3.15. The van der Waals surface area contributed by atoms with Gasteiger partial charge in [0.25, 0.3) is 5.91 Å². The molecule has 8 heteroatoms. The molecule has 2 amide bonds. The lowest BCUT2D eigenvalue weighted by Crippen LogP contribution is -2.42. The van der Waals surface area contributed by atoms with Gasteiger partial charge < -0.3 is 30.0 Å². The summed E-state index contributed by atoms with van der Waals surface area (Å²) in [6, 6.07) is 6.87. The second-order valence-corrected chi connectivity index (χ2v) is 7.57. The second kappa shape index (κ2) is 11.6. The van der Waals surface area contributed by atoms with Crippen molar-refractivity contribution in [3.63, 3.8) is 0 Å². The Morgan fingerprint density at radius 2 is 2.00 bits per heavy atom. The fraction of sp³-hybridized carbons (Fsp3) is 0.619. The minimum Gasteiger partial charge on any atom is -0.493 e. The van der Waals surface area contributed by atoms with Crippen LogP contribution in [0, 0.1) is 11.8 Å².